The Bertz CT molecular complexity index is 566. The number of hydrogen-bond acceptors (Lipinski definition) is 3. The fraction of sp³-hybridized carbons (Fsp3) is 0.571. The SMILES string of the molecule is CC(N)C1CCCN(S(=O)(=O)Cc2cccc(F)c2)C1.Cl. The Morgan fingerprint density at radius 3 is 2.81 bits per heavy atom. The summed E-state index contributed by atoms with van der Waals surface area (Å²) in [6, 6.07) is 5.73. The summed E-state index contributed by atoms with van der Waals surface area (Å²) in [5.41, 5.74) is 6.35. The highest BCUT2D eigenvalue weighted by Crippen LogP contribution is 2.23. The molecule has 21 heavy (non-hydrogen) atoms. The smallest absolute Gasteiger partial charge is 0.218 e. The molecule has 2 unspecified atom stereocenters. The lowest BCUT2D eigenvalue weighted by molar-refractivity contribution is 0.243. The highest BCUT2D eigenvalue weighted by atomic mass is 35.5. The average molecular weight is 337 g/mol. The van der Waals surface area contributed by atoms with Gasteiger partial charge in [-0.15, -0.1) is 12.4 Å². The van der Waals surface area contributed by atoms with Crippen LogP contribution in [-0.4, -0.2) is 31.9 Å². The van der Waals surface area contributed by atoms with Crippen molar-refractivity contribution in [2.45, 2.75) is 31.6 Å². The third-order valence-corrected chi connectivity index (χ3v) is 5.61. The molecule has 1 fully saturated rings. The fourth-order valence-electron chi connectivity index (χ4n) is 2.58. The van der Waals surface area contributed by atoms with Crippen molar-refractivity contribution in [3.8, 4) is 0 Å². The Balaban J connectivity index is 0.00000220. The summed E-state index contributed by atoms with van der Waals surface area (Å²) in [7, 11) is -3.41. The summed E-state index contributed by atoms with van der Waals surface area (Å²) in [4.78, 5) is 0. The second kappa shape index (κ2) is 7.54. The summed E-state index contributed by atoms with van der Waals surface area (Å²) in [6.07, 6.45) is 1.79. The maximum atomic E-state index is 13.1. The van der Waals surface area contributed by atoms with Gasteiger partial charge in [-0.3, -0.25) is 0 Å². The first kappa shape index (κ1) is 18.4. The number of nitrogens with two attached hydrogens (primary N) is 1. The molecule has 7 heteroatoms. The number of piperidine rings is 1. The molecule has 0 amide bonds. The van der Waals surface area contributed by atoms with Crippen molar-refractivity contribution in [1.82, 2.24) is 4.31 Å². The van der Waals surface area contributed by atoms with Crippen LogP contribution in [0.15, 0.2) is 24.3 Å². The molecule has 0 saturated carbocycles. The molecule has 1 heterocycles. The minimum atomic E-state index is -3.41. The van der Waals surface area contributed by atoms with E-state index < -0.39 is 15.8 Å². The van der Waals surface area contributed by atoms with Crippen LogP contribution in [0, 0.1) is 11.7 Å². The van der Waals surface area contributed by atoms with Gasteiger partial charge in [0.25, 0.3) is 0 Å². The van der Waals surface area contributed by atoms with Crippen LogP contribution in [0.3, 0.4) is 0 Å². The summed E-state index contributed by atoms with van der Waals surface area (Å²) in [6.45, 7) is 2.91. The van der Waals surface area contributed by atoms with E-state index in [9.17, 15) is 12.8 Å². The first-order valence-corrected chi connectivity index (χ1v) is 8.47. The maximum Gasteiger partial charge on any atom is 0.218 e. The van der Waals surface area contributed by atoms with Gasteiger partial charge in [0.2, 0.25) is 10.0 Å². The highest BCUT2D eigenvalue weighted by molar-refractivity contribution is 7.88. The molecule has 1 aromatic carbocycles. The monoisotopic (exact) mass is 336 g/mol. The number of sulfonamides is 1. The van der Waals surface area contributed by atoms with Crippen molar-refractivity contribution in [3.05, 3.63) is 35.6 Å². The molecule has 0 aliphatic carbocycles. The summed E-state index contributed by atoms with van der Waals surface area (Å²) in [5.74, 6) is -0.369. The topological polar surface area (TPSA) is 63.4 Å². The van der Waals surface area contributed by atoms with Crippen LogP contribution >= 0.6 is 12.4 Å². The molecule has 1 aliphatic rings. The summed E-state index contributed by atoms with van der Waals surface area (Å²) < 4.78 is 39.4. The Labute approximate surface area is 132 Å². The highest BCUT2D eigenvalue weighted by Gasteiger charge is 2.30. The van der Waals surface area contributed by atoms with E-state index in [1.165, 1.54) is 22.5 Å². The molecule has 2 N–H and O–H groups in total. The predicted octanol–water partition coefficient (Wildman–Crippen LogP) is 2.14. The van der Waals surface area contributed by atoms with Crippen LogP contribution in [0.1, 0.15) is 25.3 Å². The van der Waals surface area contributed by atoms with Crippen molar-refractivity contribution in [2.24, 2.45) is 11.7 Å². The number of benzene rings is 1. The minimum absolute atomic E-state index is 0. The van der Waals surface area contributed by atoms with E-state index in [1.807, 2.05) is 6.92 Å². The lowest BCUT2D eigenvalue weighted by Gasteiger charge is -2.33. The van der Waals surface area contributed by atoms with Gasteiger partial charge >= 0.3 is 0 Å². The summed E-state index contributed by atoms with van der Waals surface area (Å²) in [5, 5.41) is 0. The molecule has 0 radical (unpaired) electrons. The average Bonchev–Trinajstić information content (AvgIpc) is 2.38. The third-order valence-electron chi connectivity index (χ3n) is 3.80. The molecule has 2 rings (SSSR count). The molecule has 4 nitrogen and oxygen atoms in total. The number of hydrogen-bond donors (Lipinski definition) is 1. The van der Waals surface area contributed by atoms with Crippen molar-refractivity contribution >= 4 is 22.4 Å². The van der Waals surface area contributed by atoms with Gasteiger partial charge in [0.15, 0.2) is 0 Å². The van der Waals surface area contributed by atoms with E-state index in [0.29, 0.717) is 18.7 Å². The molecular formula is C14H22ClFN2O2S. The first-order chi connectivity index (χ1) is 9.38. The molecule has 1 aliphatic heterocycles. The van der Waals surface area contributed by atoms with Crippen LogP contribution in [0.5, 0.6) is 0 Å². The van der Waals surface area contributed by atoms with Crippen LogP contribution in [0.2, 0.25) is 0 Å². The van der Waals surface area contributed by atoms with Crippen molar-refractivity contribution < 1.29 is 12.8 Å². The molecule has 0 bridgehead atoms. The van der Waals surface area contributed by atoms with E-state index in [-0.39, 0.29) is 30.1 Å². The number of rotatable bonds is 4. The van der Waals surface area contributed by atoms with Crippen molar-refractivity contribution in [2.75, 3.05) is 13.1 Å². The van der Waals surface area contributed by atoms with Crippen LogP contribution in [0.4, 0.5) is 4.39 Å². The Morgan fingerprint density at radius 2 is 2.19 bits per heavy atom. The molecular weight excluding hydrogens is 315 g/mol. The number of halogens is 2. The second-order valence-electron chi connectivity index (χ2n) is 5.51. The van der Waals surface area contributed by atoms with Gasteiger partial charge < -0.3 is 5.73 Å². The standard InChI is InChI=1S/C14H21FN2O2S.ClH/c1-11(16)13-5-3-7-17(9-13)20(18,19)10-12-4-2-6-14(15)8-12;/h2,4,6,8,11,13H,3,5,7,9-10,16H2,1H3;1H. The maximum absolute atomic E-state index is 13.1. The molecule has 0 spiro atoms. The van der Waals surface area contributed by atoms with Crippen LogP contribution < -0.4 is 5.73 Å². The summed E-state index contributed by atoms with van der Waals surface area (Å²) >= 11 is 0. The van der Waals surface area contributed by atoms with E-state index in [1.54, 1.807) is 6.07 Å². The van der Waals surface area contributed by atoms with Crippen LogP contribution in [0.25, 0.3) is 0 Å². The Hall–Kier alpha value is -0.690. The Morgan fingerprint density at radius 1 is 1.48 bits per heavy atom. The zero-order chi connectivity index (χ0) is 14.8. The van der Waals surface area contributed by atoms with Gasteiger partial charge in [0, 0.05) is 19.1 Å². The second-order valence-corrected chi connectivity index (χ2v) is 7.47. The number of nitrogens with zero attached hydrogens (tertiary/aromatic N) is 1. The van der Waals surface area contributed by atoms with Gasteiger partial charge in [-0.25, -0.2) is 17.1 Å². The van der Waals surface area contributed by atoms with E-state index >= 15 is 0 Å². The van der Waals surface area contributed by atoms with Crippen LogP contribution in [-0.2, 0) is 15.8 Å². The predicted molar refractivity (Wildman–Crippen MR) is 84.2 cm³/mol. The fourth-order valence-corrected chi connectivity index (χ4v) is 4.19. The molecule has 1 saturated heterocycles. The third kappa shape index (κ3) is 4.92. The quantitative estimate of drug-likeness (QED) is 0.916. The van der Waals surface area contributed by atoms with Gasteiger partial charge in [-0.2, -0.15) is 0 Å². The van der Waals surface area contributed by atoms with Crippen molar-refractivity contribution in [3.63, 3.8) is 0 Å². The first-order valence-electron chi connectivity index (χ1n) is 6.86. The van der Waals surface area contributed by atoms with Gasteiger partial charge in [0.05, 0.1) is 5.75 Å². The minimum Gasteiger partial charge on any atom is -0.328 e. The lowest BCUT2D eigenvalue weighted by Crippen LogP contribution is -2.45. The van der Waals surface area contributed by atoms with E-state index in [4.69, 9.17) is 5.73 Å². The van der Waals surface area contributed by atoms with Gasteiger partial charge in [-0.05, 0) is 43.4 Å². The Kier molecular flexibility index (Phi) is 6.59. The molecule has 2 atom stereocenters. The van der Waals surface area contributed by atoms with Gasteiger partial charge in [0.1, 0.15) is 5.82 Å². The molecule has 0 aromatic heterocycles. The zero-order valence-corrected chi connectivity index (χ0v) is 13.7. The largest absolute Gasteiger partial charge is 0.328 e. The van der Waals surface area contributed by atoms with Gasteiger partial charge in [-0.1, -0.05) is 12.1 Å². The van der Waals surface area contributed by atoms with E-state index in [0.717, 1.165) is 12.8 Å². The lowest BCUT2D eigenvalue weighted by atomic mass is 9.93. The normalized spacial score (nSPS) is 21.6. The van der Waals surface area contributed by atoms with Crippen molar-refractivity contribution in [1.29, 1.82) is 0 Å². The molecule has 120 valence electrons. The molecule has 1 aromatic rings. The zero-order valence-electron chi connectivity index (χ0n) is 12.0. The van der Waals surface area contributed by atoms with E-state index in [2.05, 4.69) is 0 Å².